The van der Waals surface area contributed by atoms with Crippen LogP contribution in [0.3, 0.4) is 0 Å². The molecule has 2 N–H and O–H groups in total. The Balaban J connectivity index is 1.94. The lowest BCUT2D eigenvalue weighted by atomic mass is 10.3. The monoisotopic (exact) mass is 270 g/mol. The number of anilines is 2. The zero-order valence-corrected chi connectivity index (χ0v) is 10.6. The van der Waals surface area contributed by atoms with Gasteiger partial charge in [0.1, 0.15) is 5.40 Å². The van der Waals surface area contributed by atoms with Gasteiger partial charge in [0.2, 0.25) is 0 Å². The van der Waals surface area contributed by atoms with Crippen molar-refractivity contribution in [2.45, 2.75) is 4.90 Å². The molecule has 0 saturated carbocycles. The molecule has 19 heavy (non-hydrogen) atoms. The van der Waals surface area contributed by atoms with E-state index in [0.29, 0.717) is 11.4 Å². The van der Waals surface area contributed by atoms with Crippen LogP contribution in [0.2, 0.25) is 0 Å². The highest BCUT2D eigenvalue weighted by atomic mass is 32.2. The Kier molecular flexibility index (Phi) is 4.37. The Morgan fingerprint density at radius 3 is 2.53 bits per heavy atom. The van der Waals surface area contributed by atoms with Gasteiger partial charge in [0, 0.05) is 16.8 Å². The number of rotatable bonds is 3. The van der Waals surface area contributed by atoms with Gasteiger partial charge in [-0.3, -0.25) is 4.98 Å². The highest BCUT2D eigenvalue weighted by Gasteiger charge is 2.02. The normalized spacial score (nSPS) is 9.42. The molecule has 5 nitrogen and oxygen atoms in total. The summed E-state index contributed by atoms with van der Waals surface area (Å²) in [5.74, 6) is 0. The number of nitriles is 1. The second-order valence-corrected chi connectivity index (χ2v) is 4.40. The van der Waals surface area contributed by atoms with Crippen molar-refractivity contribution in [2.24, 2.45) is 0 Å². The van der Waals surface area contributed by atoms with Crippen LogP contribution in [0.25, 0.3) is 0 Å². The van der Waals surface area contributed by atoms with Crippen LogP contribution >= 0.6 is 11.8 Å². The number of aromatic nitrogens is 1. The fourth-order valence-electron chi connectivity index (χ4n) is 1.39. The fraction of sp³-hybridized carbons (Fsp3) is 0. The van der Waals surface area contributed by atoms with Crippen LogP contribution in [0.4, 0.5) is 16.2 Å². The van der Waals surface area contributed by atoms with Crippen molar-refractivity contribution in [1.29, 1.82) is 5.26 Å². The summed E-state index contributed by atoms with van der Waals surface area (Å²) < 4.78 is 0. The molecule has 1 heterocycles. The molecule has 2 rings (SSSR count). The molecule has 6 heteroatoms. The van der Waals surface area contributed by atoms with Gasteiger partial charge in [-0.25, -0.2) is 4.79 Å². The molecular weight excluding hydrogens is 260 g/mol. The predicted molar refractivity (Wildman–Crippen MR) is 74.8 cm³/mol. The van der Waals surface area contributed by atoms with E-state index in [1.54, 1.807) is 48.8 Å². The molecule has 0 unspecified atom stereocenters. The number of benzene rings is 1. The third-order valence-corrected chi connectivity index (χ3v) is 2.79. The summed E-state index contributed by atoms with van der Waals surface area (Å²) in [6.45, 7) is 0. The lowest BCUT2D eigenvalue weighted by molar-refractivity contribution is 0.262. The number of thioether (sulfide) groups is 1. The van der Waals surface area contributed by atoms with Crippen molar-refractivity contribution < 1.29 is 4.79 Å². The summed E-state index contributed by atoms with van der Waals surface area (Å²) in [5, 5.41) is 15.9. The van der Waals surface area contributed by atoms with Gasteiger partial charge < -0.3 is 10.6 Å². The summed E-state index contributed by atoms with van der Waals surface area (Å²) in [4.78, 5) is 16.4. The second kappa shape index (κ2) is 6.42. The van der Waals surface area contributed by atoms with Gasteiger partial charge in [-0.15, -0.1) is 0 Å². The summed E-state index contributed by atoms with van der Waals surface area (Å²) in [7, 11) is 0. The summed E-state index contributed by atoms with van der Waals surface area (Å²) in [5.41, 5.74) is 1.28. The average molecular weight is 270 g/mol. The first kappa shape index (κ1) is 12.9. The van der Waals surface area contributed by atoms with E-state index in [4.69, 9.17) is 5.26 Å². The lowest BCUT2D eigenvalue weighted by Gasteiger charge is -2.07. The highest BCUT2D eigenvalue weighted by Crippen LogP contribution is 2.19. The number of hydrogen-bond acceptors (Lipinski definition) is 4. The smallest absolute Gasteiger partial charge is 0.308 e. The Hall–Kier alpha value is -2.52. The van der Waals surface area contributed by atoms with Crippen molar-refractivity contribution in [2.75, 3.05) is 10.6 Å². The summed E-state index contributed by atoms with van der Waals surface area (Å²) in [6, 6.07) is 10.2. The SMILES string of the molecule is N#CSc1ccc(NC(=O)Nc2cccnc2)cc1. The number of carbonyl (C=O) groups is 1. The highest BCUT2D eigenvalue weighted by molar-refractivity contribution is 8.03. The molecule has 0 saturated heterocycles. The number of carbonyl (C=O) groups excluding carboxylic acids is 1. The molecule has 2 aromatic rings. The molecule has 0 aliphatic rings. The third-order valence-electron chi connectivity index (χ3n) is 2.20. The Morgan fingerprint density at radius 2 is 1.89 bits per heavy atom. The minimum absolute atomic E-state index is 0.339. The summed E-state index contributed by atoms with van der Waals surface area (Å²) >= 11 is 1.07. The van der Waals surface area contributed by atoms with Crippen molar-refractivity contribution >= 4 is 29.2 Å². The van der Waals surface area contributed by atoms with E-state index in [0.717, 1.165) is 16.7 Å². The molecule has 94 valence electrons. The maximum absolute atomic E-state index is 11.7. The molecule has 0 aliphatic heterocycles. The van der Waals surface area contributed by atoms with Crippen molar-refractivity contribution in [3.63, 3.8) is 0 Å². The van der Waals surface area contributed by atoms with Gasteiger partial charge in [-0.2, -0.15) is 5.26 Å². The number of thiocyanates is 1. The fourth-order valence-corrected chi connectivity index (χ4v) is 1.77. The van der Waals surface area contributed by atoms with Gasteiger partial charge in [0.25, 0.3) is 0 Å². The van der Waals surface area contributed by atoms with Crippen molar-refractivity contribution in [3.8, 4) is 5.40 Å². The molecule has 1 aromatic carbocycles. The molecule has 0 atom stereocenters. The van der Waals surface area contributed by atoms with Gasteiger partial charge in [0.15, 0.2) is 0 Å². The maximum Gasteiger partial charge on any atom is 0.323 e. The number of urea groups is 1. The van der Waals surface area contributed by atoms with Crippen LogP contribution in [-0.4, -0.2) is 11.0 Å². The van der Waals surface area contributed by atoms with Gasteiger partial charge >= 0.3 is 6.03 Å². The van der Waals surface area contributed by atoms with Crippen LogP contribution in [-0.2, 0) is 0 Å². The van der Waals surface area contributed by atoms with E-state index < -0.39 is 0 Å². The van der Waals surface area contributed by atoms with E-state index >= 15 is 0 Å². The standard InChI is InChI=1S/C13H10N4OS/c14-9-19-12-5-3-10(4-6-12)16-13(18)17-11-2-1-7-15-8-11/h1-8H,(H2,16,17,18). The first-order valence-electron chi connectivity index (χ1n) is 5.42. The molecule has 0 spiro atoms. The van der Waals surface area contributed by atoms with E-state index in [1.165, 1.54) is 0 Å². The molecule has 0 fully saturated rings. The van der Waals surface area contributed by atoms with Crippen LogP contribution in [0.1, 0.15) is 0 Å². The minimum atomic E-state index is -0.339. The number of nitrogens with one attached hydrogen (secondary N) is 2. The van der Waals surface area contributed by atoms with Gasteiger partial charge in [-0.1, -0.05) is 0 Å². The van der Waals surface area contributed by atoms with Gasteiger partial charge in [-0.05, 0) is 48.2 Å². The second-order valence-electron chi connectivity index (χ2n) is 3.54. The number of nitrogens with zero attached hydrogens (tertiary/aromatic N) is 2. The van der Waals surface area contributed by atoms with Crippen LogP contribution in [0.5, 0.6) is 0 Å². The number of hydrogen-bond donors (Lipinski definition) is 2. The van der Waals surface area contributed by atoms with E-state index in [9.17, 15) is 4.79 Å². The first-order chi connectivity index (χ1) is 9.28. The number of pyridine rings is 1. The van der Waals surface area contributed by atoms with Crippen LogP contribution in [0, 0.1) is 10.7 Å². The largest absolute Gasteiger partial charge is 0.323 e. The first-order valence-corrected chi connectivity index (χ1v) is 6.23. The molecular formula is C13H10N4OS. The van der Waals surface area contributed by atoms with Crippen molar-refractivity contribution in [1.82, 2.24) is 4.98 Å². The molecule has 1 aromatic heterocycles. The van der Waals surface area contributed by atoms with Crippen LogP contribution < -0.4 is 10.6 Å². The molecule has 0 aliphatic carbocycles. The predicted octanol–water partition coefficient (Wildman–Crippen LogP) is 3.30. The summed E-state index contributed by atoms with van der Waals surface area (Å²) in [6.07, 6.45) is 3.20. The Bertz CT molecular complexity index is 592. The molecule has 0 bridgehead atoms. The third kappa shape index (κ3) is 4.01. The Labute approximate surface area is 114 Å². The van der Waals surface area contributed by atoms with Crippen molar-refractivity contribution in [3.05, 3.63) is 48.8 Å². The zero-order chi connectivity index (χ0) is 13.5. The lowest BCUT2D eigenvalue weighted by Crippen LogP contribution is -2.19. The molecule has 0 radical (unpaired) electrons. The van der Waals surface area contributed by atoms with E-state index in [-0.39, 0.29) is 6.03 Å². The minimum Gasteiger partial charge on any atom is -0.308 e. The quantitative estimate of drug-likeness (QED) is 0.662. The van der Waals surface area contributed by atoms with Crippen LogP contribution in [0.15, 0.2) is 53.7 Å². The maximum atomic E-state index is 11.7. The van der Waals surface area contributed by atoms with E-state index in [2.05, 4.69) is 15.6 Å². The Morgan fingerprint density at radius 1 is 1.16 bits per heavy atom. The van der Waals surface area contributed by atoms with Gasteiger partial charge in [0.05, 0.1) is 11.9 Å². The average Bonchev–Trinajstić information content (AvgIpc) is 2.42. The molecule has 2 amide bonds. The topological polar surface area (TPSA) is 77.8 Å². The number of amides is 2. The van der Waals surface area contributed by atoms with E-state index in [1.807, 2.05) is 5.40 Å². The zero-order valence-electron chi connectivity index (χ0n) is 9.83.